The van der Waals surface area contributed by atoms with Gasteiger partial charge in [-0.3, -0.25) is 38.8 Å². The molecule has 650 valence electrons. The van der Waals surface area contributed by atoms with Crippen molar-refractivity contribution in [2.24, 2.45) is 45.5 Å². The van der Waals surface area contributed by atoms with Crippen molar-refractivity contribution in [2.75, 3.05) is 41.0 Å². The van der Waals surface area contributed by atoms with Crippen LogP contribution in [0.1, 0.15) is 310 Å². The van der Waals surface area contributed by atoms with Crippen LogP contribution in [0.15, 0.2) is 77.1 Å². The summed E-state index contributed by atoms with van der Waals surface area (Å²) >= 11 is 2.17. The molecule has 10 atom stereocenters. The van der Waals surface area contributed by atoms with E-state index in [0.29, 0.717) is 43.3 Å². The van der Waals surface area contributed by atoms with Gasteiger partial charge < -0.3 is 52.5 Å². The van der Waals surface area contributed by atoms with Crippen molar-refractivity contribution in [3.05, 3.63) is 132 Å². The molecule has 0 radical (unpaired) electrons. The molecule has 5 aromatic rings. The van der Waals surface area contributed by atoms with E-state index >= 15 is 0 Å². The van der Waals surface area contributed by atoms with Gasteiger partial charge in [-0.25, -0.2) is 4.98 Å². The van der Waals surface area contributed by atoms with Crippen LogP contribution < -0.4 is 10.9 Å². The van der Waals surface area contributed by atoms with Crippen LogP contribution in [-0.2, 0) is 87.3 Å². The van der Waals surface area contributed by atoms with Gasteiger partial charge >= 0.3 is 32.1 Å². The summed E-state index contributed by atoms with van der Waals surface area (Å²) < 4.78 is 41.7. The van der Waals surface area contributed by atoms with Crippen molar-refractivity contribution in [2.45, 2.75) is 309 Å². The number of amides is 3. The third-order valence-electron chi connectivity index (χ3n) is 31.0. The number of ether oxygens (including phenoxy) is 3. The molecule has 23 heteroatoms. The van der Waals surface area contributed by atoms with E-state index < -0.39 is 11.8 Å². The normalized spacial score (nSPS) is 25.1. The summed E-state index contributed by atoms with van der Waals surface area (Å²) in [4.78, 5) is 100. The maximum absolute atomic E-state index is 13.9. The first kappa shape index (κ1) is 87.9. The van der Waals surface area contributed by atoms with E-state index in [-0.39, 0.29) is 133 Å². The maximum Gasteiger partial charge on any atom is 0.495 e. The van der Waals surface area contributed by atoms with Gasteiger partial charge in [-0.2, -0.15) is 0 Å². The number of imidazole rings is 1. The van der Waals surface area contributed by atoms with E-state index in [0.717, 1.165) is 104 Å². The third-order valence-corrected chi connectivity index (χ3v) is 31.5. The topological polar surface area (TPSA) is 230 Å². The molecule has 2 saturated carbocycles. The van der Waals surface area contributed by atoms with E-state index in [1.54, 1.807) is 17.3 Å². The molecule has 6 aliphatic carbocycles. The van der Waals surface area contributed by atoms with Gasteiger partial charge in [0, 0.05) is 56.3 Å². The molecule has 20 nitrogen and oxygen atoms in total. The van der Waals surface area contributed by atoms with Gasteiger partial charge in [0.05, 0.1) is 109 Å². The van der Waals surface area contributed by atoms with Crippen LogP contribution in [0.25, 0.3) is 33.4 Å². The van der Waals surface area contributed by atoms with E-state index in [9.17, 15) is 28.8 Å². The van der Waals surface area contributed by atoms with E-state index in [4.69, 9.17) is 42.8 Å². The van der Waals surface area contributed by atoms with Gasteiger partial charge in [0.15, 0.2) is 0 Å². The largest absolute Gasteiger partial charge is 0.495 e. The SMILES string of the molecule is CC1(C)OB(c2ccc(-c3ccc(B4OC(C)(C)C(C)(C)O4)c4c3C3CCC4C3)c3c2CCC3)OC1(C)C.COC(=O)C[C@H](C(=O)N1CCC[C@H]1C1=NC=C(c2ccc(-c3ccc(C4=CN=C([C@@H]5CCCN5C(=O)[C@@H](CC(=O)OC)C(C)C)C4)c4c3C3CCC4C3)c3c2CCC3)C1)C(C)C.COC(=O)C[C@H](C(=O)N1CCC[C@H]1c1ncc(I)[nH]1)C(C)C. The lowest BCUT2D eigenvalue weighted by Gasteiger charge is -2.32. The van der Waals surface area contributed by atoms with Gasteiger partial charge in [-0.05, 0) is 335 Å². The maximum atomic E-state index is 13.9. The number of esters is 3. The molecular formula is C99H128B2IN7O13. The molecule has 5 saturated heterocycles. The zero-order chi connectivity index (χ0) is 86.5. The minimum absolute atomic E-state index is 0.0186. The lowest BCUT2D eigenvalue weighted by Crippen LogP contribution is -2.45. The van der Waals surface area contributed by atoms with Crippen LogP contribution in [0.5, 0.6) is 0 Å². The van der Waals surface area contributed by atoms with Crippen molar-refractivity contribution in [1.82, 2.24) is 24.7 Å². The minimum atomic E-state index is -0.399. The van der Waals surface area contributed by atoms with Gasteiger partial charge in [-0.15, -0.1) is 0 Å². The number of aliphatic imine (C=N–C) groups is 2. The third kappa shape index (κ3) is 16.4. The molecule has 4 unspecified atom stereocenters. The van der Waals surface area contributed by atoms with Gasteiger partial charge in [-0.1, -0.05) is 90.1 Å². The van der Waals surface area contributed by atoms with Gasteiger partial charge in [0.1, 0.15) is 5.82 Å². The Balaban J connectivity index is 0.000000155. The molecule has 7 fully saturated rings. The number of likely N-dealkylation sites (tertiary alicyclic amines) is 3. The molecule has 13 aliphatic rings. The molecule has 4 bridgehead atoms. The predicted molar refractivity (Wildman–Crippen MR) is 487 cm³/mol. The molecular weight excluding hydrogens is 1640 g/mol. The first-order valence-corrected chi connectivity index (χ1v) is 47.0. The summed E-state index contributed by atoms with van der Waals surface area (Å²) in [6.07, 6.45) is 27.5. The average Bonchev–Trinajstić information content (AvgIpc) is 1.55. The van der Waals surface area contributed by atoms with Crippen LogP contribution >= 0.6 is 22.6 Å². The smallest absolute Gasteiger partial charge is 0.469 e. The molecule has 1 N–H and O–H groups in total. The van der Waals surface area contributed by atoms with Crippen LogP contribution in [0.2, 0.25) is 0 Å². The average molecular weight is 1770 g/mol. The first-order valence-electron chi connectivity index (χ1n) is 45.9. The summed E-state index contributed by atoms with van der Waals surface area (Å²) in [7, 11) is 3.54. The van der Waals surface area contributed by atoms with Gasteiger partial charge in [0.25, 0.3) is 0 Å². The van der Waals surface area contributed by atoms with Crippen molar-refractivity contribution >= 4 is 106 Å². The zero-order valence-corrected chi connectivity index (χ0v) is 77.4. The zero-order valence-electron chi connectivity index (χ0n) is 75.3. The van der Waals surface area contributed by atoms with Gasteiger partial charge in [0.2, 0.25) is 17.7 Å². The van der Waals surface area contributed by atoms with Crippen LogP contribution in [-0.4, -0.2) is 161 Å². The van der Waals surface area contributed by atoms with E-state index in [1.165, 1.54) is 155 Å². The Labute approximate surface area is 737 Å². The lowest BCUT2D eigenvalue weighted by molar-refractivity contribution is -0.148. The Morgan fingerprint density at radius 3 is 1.23 bits per heavy atom. The molecule has 8 heterocycles. The van der Waals surface area contributed by atoms with E-state index in [1.807, 2.05) is 56.2 Å². The number of nitrogens with one attached hydrogen (secondary N) is 1. The molecule has 18 rings (SSSR count). The molecule has 3 amide bonds. The molecule has 0 spiro atoms. The summed E-state index contributed by atoms with van der Waals surface area (Å²) in [6.45, 7) is 31.2. The number of aromatic nitrogens is 2. The second-order valence-corrected chi connectivity index (χ2v) is 41.2. The van der Waals surface area contributed by atoms with Crippen molar-refractivity contribution in [3.63, 3.8) is 0 Å². The number of allylic oxidation sites excluding steroid dienone is 2. The van der Waals surface area contributed by atoms with Crippen LogP contribution in [0.4, 0.5) is 0 Å². The second-order valence-electron chi connectivity index (χ2n) is 40.1. The Kier molecular flexibility index (Phi) is 25.2. The fraction of sp³-hybridized carbons (Fsp3) is 0.606. The summed E-state index contributed by atoms with van der Waals surface area (Å²) in [5.74, 6) is 1.35. The highest BCUT2D eigenvalue weighted by atomic mass is 127. The number of hydrogen-bond donors (Lipinski definition) is 1. The molecule has 1 aromatic heterocycles. The number of rotatable bonds is 21. The number of hydrogen-bond acceptors (Lipinski definition) is 16. The monoisotopic (exact) mass is 1770 g/mol. The molecule has 7 aliphatic heterocycles. The number of carbonyl (C=O) groups excluding carboxylic acids is 6. The highest BCUT2D eigenvalue weighted by molar-refractivity contribution is 14.1. The molecule has 4 aromatic carbocycles. The summed E-state index contributed by atoms with van der Waals surface area (Å²) in [5.41, 5.74) is 26.2. The first-order chi connectivity index (χ1) is 58.2. The summed E-state index contributed by atoms with van der Waals surface area (Å²) in [6, 6.07) is 18.8. The van der Waals surface area contributed by atoms with Crippen LogP contribution in [0.3, 0.4) is 0 Å². The fourth-order valence-corrected chi connectivity index (χ4v) is 23.3. The second kappa shape index (κ2) is 35.0. The van der Waals surface area contributed by atoms with Crippen molar-refractivity contribution in [1.29, 1.82) is 0 Å². The quantitative estimate of drug-likeness (QED) is 0.0312. The molecule has 122 heavy (non-hydrogen) atoms. The van der Waals surface area contributed by atoms with Crippen molar-refractivity contribution in [3.8, 4) is 22.3 Å². The highest BCUT2D eigenvalue weighted by Crippen LogP contribution is 2.60. The Morgan fingerprint density at radius 1 is 0.443 bits per heavy atom. The highest BCUT2D eigenvalue weighted by Gasteiger charge is 2.56. The Bertz CT molecular complexity index is 5040. The van der Waals surface area contributed by atoms with Crippen molar-refractivity contribution < 1.29 is 61.6 Å². The number of H-pyrrole nitrogens is 1. The van der Waals surface area contributed by atoms with Crippen LogP contribution in [0, 0.1) is 39.2 Å². The number of carbonyl (C=O) groups is 6. The fourth-order valence-electron chi connectivity index (χ4n) is 22.9. The number of fused-ring (bicyclic) bond motifs is 12. The standard InChI is InChI=1S/C52H64N4O6.C32H42B2O4.C15H22IN3O3/c1-29(2)41(25-47(57)61-5)51(59)55-20-8-12-45(55)43-23-33(27-53-43)35-16-18-39(38-11-7-10-37(35)38)40-19-17-36(49-31-14-15-32(22-31)50(40)49)34-24-44(54-28-34)46-13-9-21-56(46)52(60)42(30(3)4)26-48(58)62-6;1-29(2)30(3,4)36-33(35-29)25-16-14-22(21-10-9-11-23(21)25)24-15-17-26(28-20-13-12-19(18-20)27(24)28)34-37-31(5,6)32(7,8)38-34;1-9(2)10(7-13(20)22-3)15(21)19-6-4-5-11(19)14-17-8-12(16)18-14/h16-19,27-32,41-42,45-46H,7-15,20-26H2,1-6H3;14-17,19-20H,9-13,18H2,1-8H3;8-11H,4-7H2,1-3H3,(H,17,18)/t31?,32?,41-,42-,45-,46-;;10-,11-/m0.0/s1. The predicted octanol–water partition coefficient (Wildman–Crippen LogP) is 17.5. The van der Waals surface area contributed by atoms with E-state index in [2.05, 4.69) is 149 Å². The Hall–Kier alpha value is -7.57. The number of halogens is 1. The minimum Gasteiger partial charge on any atom is -0.469 e. The number of methoxy groups -OCH3 is 3. The Morgan fingerprint density at radius 2 is 0.787 bits per heavy atom. The summed E-state index contributed by atoms with van der Waals surface area (Å²) in [5, 5.41) is 0. The lowest BCUT2D eigenvalue weighted by atomic mass is 9.69. The number of aromatic amines is 1. The number of benzene rings is 4. The number of nitrogens with zero attached hydrogens (tertiary/aromatic N) is 6.